The smallest absolute Gasteiger partial charge is 0.330 e. The van der Waals surface area contributed by atoms with Crippen LogP contribution in [-0.2, 0) is 9.53 Å². The number of aryl methyl sites for hydroxylation is 1. The van der Waals surface area contributed by atoms with Crippen LogP contribution in [0.3, 0.4) is 0 Å². The molecular formula is C10H11NO3. The van der Waals surface area contributed by atoms with Crippen molar-refractivity contribution < 1.29 is 9.53 Å². The zero-order valence-electron chi connectivity index (χ0n) is 8.03. The van der Waals surface area contributed by atoms with E-state index in [4.69, 9.17) is 0 Å². The topological polar surface area (TPSA) is 59.2 Å². The van der Waals surface area contributed by atoms with E-state index in [0.29, 0.717) is 0 Å². The Morgan fingerprint density at radius 2 is 2.21 bits per heavy atom. The van der Waals surface area contributed by atoms with Crippen molar-refractivity contribution in [1.29, 1.82) is 0 Å². The van der Waals surface area contributed by atoms with E-state index in [9.17, 15) is 9.59 Å². The molecule has 4 nitrogen and oxygen atoms in total. The second kappa shape index (κ2) is 4.41. The van der Waals surface area contributed by atoms with E-state index in [1.807, 2.05) is 0 Å². The molecule has 1 heterocycles. The first kappa shape index (κ1) is 10.2. The maximum Gasteiger partial charge on any atom is 0.330 e. The van der Waals surface area contributed by atoms with Gasteiger partial charge in [-0.15, -0.1) is 0 Å². The molecule has 0 aliphatic heterocycles. The Morgan fingerprint density at radius 3 is 2.79 bits per heavy atom. The normalized spacial score (nSPS) is 10.4. The molecule has 0 aliphatic rings. The fourth-order valence-electron chi connectivity index (χ4n) is 0.996. The summed E-state index contributed by atoms with van der Waals surface area (Å²) in [7, 11) is 1.31. The number of pyridine rings is 1. The Hall–Kier alpha value is -1.84. The summed E-state index contributed by atoms with van der Waals surface area (Å²) in [6, 6.07) is 3.05. The standard InChI is InChI=1S/C10H11NO3/c1-7-8(3-5-9(12)11-7)4-6-10(13)14-2/h3-6H,1-2H3,(H,11,12). The summed E-state index contributed by atoms with van der Waals surface area (Å²) < 4.78 is 4.44. The van der Waals surface area contributed by atoms with Gasteiger partial charge in [0.25, 0.3) is 0 Å². The molecule has 4 heteroatoms. The van der Waals surface area contributed by atoms with Crippen LogP contribution >= 0.6 is 0 Å². The number of esters is 1. The lowest BCUT2D eigenvalue weighted by molar-refractivity contribution is -0.134. The van der Waals surface area contributed by atoms with Gasteiger partial charge in [-0.2, -0.15) is 0 Å². The van der Waals surface area contributed by atoms with Gasteiger partial charge < -0.3 is 9.72 Å². The van der Waals surface area contributed by atoms with Gasteiger partial charge in [-0.3, -0.25) is 4.79 Å². The first-order chi connectivity index (χ1) is 6.63. The molecular weight excluding hydrogens is 182 g/mol. The fraction of sp³-hybridized carbons (Fsp3) is 0.200. The highest BCUT2D eigenvalue weighted by Gasteiger charge is 1.96. The van der Waals surface area contributed by atoms with E-state index in [0.717, 1.165) is 11.3 Å². The third-order valence-electron chi connectivity index (χ3n) is 1.76. The summed E-state index contributed by atoms with van der Waals surface area (Å²) in [5.41, 5.74) is 1.35. The van der Waals surface area contributed by atoms with Crippen molar-refractivity contribution in [1.82, 2.24) is 4.98 Å². The number of aromatic nitrogens is 1. The van der Waals surface area contributed by atoms with Crippen LogP contribution in [0.4, 0.5) is 0 Å². The molecule has 0 unspecified atom stereocenters. The van der Waals surface area contributed by atoms with Crippen LogP contribution in [0.2, 0.25) is 0 Å². The maximum atomic E-state index is 10.9. The van der Waals surface area contributed by atoms with Gasteiger partial charge in [0, 0.05) is 17.8 Å². The summed E-state index contributed by atoms with van der Waals surface area (Å²) in [6.07, 6.45) is 2.90. The monoisotopic (exact) mass is 193 g/mol. The molecule has 0 radical (unpaired) electrons. The van der Waals surface area contributed by atoms with Gasteiger partial charge in [-0.25, -0.2) is 4.79 Å². The lowest BCUT2D eigenvalue weighted by atomic mass is 10.2. The van der Waals surface area contributed by atoms with E-state index >= 15 is 0 Å². The first-order valence-electron chi connectivity index (χ1n) is 4.09. The molecule has 14 heavy (non-hydrogen) atoms. The van der Waals surface area contributed by atoms with Crippen LogP contribution in [0.15, 0.2) is 23.0 Å². The van der Waals surface area contributed by atoms with Gasteiger partial charge in [0.2, 0.25) is 5.56 Å². The van der Waals surface area contributed by atoms with Crippen LogP contribution < -0.4 is 5.56 Å². The fourth-order valence-corrected chi connectivity index (χ4v) is 0.996. The number of aromatic amines is 1. The molecule has 0 amide bonds. The minimum Gasteiger partial charge on any atom is -0.466 e. The number of ether oxygens (including phenoxy) is 1. The molecule has 1 aromatic rings. The minimum atomic E-state index is -0.421. The summed E-state index contributed by atoms with van der Waals surface area (Å²) >= 11 is 0. The number of carbonyl (C=O) groups is 1. The van der Waals surface area contributed by atoms with Crippen molar-refractivity contribution in [3.63, 3.8) is 0 Å². The van der Waals surface area contributed by atoms with Crippen LogP contribution in [0.5, 0.6) is 0 Å². The first-order valence-corrected chi connectivity index (χ1v) is 4.09. The number of hydrogen-bond acceptors (Lipinski definition) is 3. The highest BCUT2D eigenvalue weighted by atomic mass is 16.5. The Morgan fingerprint density at radius 1 is 1.50 bits per heavy atom. The van der Waals surface area contributed by atoms with E-state index in [2.05, 4.69) is 9.72 Å². The molecule has 0 saturated heterocycles. The van der Waals surface area contributed by atoms with Gasteiger partial charge in [0.1, 0.15) is 0 Å². The van der Waals surface area contributed by atoms with Crippen LogP contribution in [-0.4, -0.2) is 18.1 Å². The quantitative estimate of drug-likeness (QED) is 0.560. The van der Waals surface area contributed by atoms with Crippen molar-refractivity contribution in [3.8, 4) is 0 Å². The van der Waals surface area contributed by atoms with E-state index in [1.165, 1.54) is 19.3 Å². The molecule has 1 N–H and O–H groups in total. The van der Waals surface area contributed by atoms with Crippen LogP contribution in [0.25, 0.3) is 6.08 Å². The molecule has 1 aromatic heterocycles. The largest absolute Gasteiger partial charge is 0.466 e. The average molecular weight is 193 g/mol. The number of rotatable bonds is 2. The average Bonchev–Trinajstić information content (AvgIpc) is 2.16. The summed E-state index contributed by atoms with van der Waals surface area (Å²) in [5, 5.41) is 0. The predicted octanol–water partition coefficient (Wildman–Crippen LogP) is 0.870. The maximum absolute atomic E-state index is 10.9. The molecule has 0 aromatic carbocycles. The van der Waals surface area contributed by atoms with Gasteiger partial charge in [0.05, 0.1) is 7.11 Å². The van der Waals surface area contributed by atoms with Crippen molar-refractivity contribution in [3.05, 3.63) is 39.8 Å². The number of hydrogen-bond donors (Lipinski definition) is 1. The molecule has 74 valence electrons. The lowest BCUT2D eigenvalue weighted by Crippen LogP contribution is -2.05. The Kier molecular flexibility index (Phi) is 3.23. The lowest BCUT2D eigenvalue weighted by Gasteiger charge is -1.97. The molecule has 0 aliphatic carbocycles. The van der Waals surface area contributed by atoms with Gasteiger partial charge in [-0.1, -0.05) is 0 Å². The third kappa shape index (κ3) is 2.58. The van der Waals surface area contributed by atoms with Crippen LogP contribution in [0, 0.1) is 6.92 Å². The highest BCUT2D eigenvalue weighted by Crippen LogP contribution is 2.03. The Balaban J connectivity index is 2.92. The van der Waals surface area contributed by atoms with Crippen LogP contribution in [0.1, 0.15) is 11.3 Å². The van der Waals surface area contributed by atoms with Crippen molar-refractivity contribution in [2.75, 3.05) is 7.11 Å². The molecule has 1 rings (SSSR count). The van der Waals surface area contributed by atoms with Crippen molar-refractivity contribution >= 4 is 12.0 Å². The Labute approximate surface area is 81.2 Å². The number of H-pyrrole nitrogens is 1. The molecule has 0 fully saturated rings. The van der Waals surface area contributed by atoms with Crippen molar-refractivity contribution in [2.45, 2.75) is 6.92 Å². The number of carbonyl (C=O) groups excluding carboxylic acids is 1. The number of methoxy groups -OCH3 is 1. The van der Waals surface area contributed by atoms with Gasteiger partial charge in [0.15, 0.2) is 0 Å². The second-order valence-corrected chi connectivity index (χ2v) is 2.76. The Bertz CT molecular complexity index is 418. The summed E-state index contributed by atoms with van der Waals surface area (Å²) in [4.78, 5) is 24.3. The zero-order valence-corrected chi connectivity index (χ0v) is 8.03. The van der Waals surface area contributed by atoms with E-state index in [-0.39, 0.29) is 5.56 Å². The zero-order chi connectivity index (χ0) is 10.6. The SMILES string of the molecule is COC(=O)C=Cc1ccc(=O)[nH]c1C. The van der Waals surface area contributed by atoms with E-state index < -0.39 is 5.97 Å². The van der Waals surface area contributed by atoms with Gasteiger partial charge in [-0.05, 0) is 24.6 Å². The molecule has 0 saturated carbocycles. The second-order valence-electron chi connectivity index (χ2n) is 2.76. The van der Waals surface area contributed by atoms with Crippen molar-refractivity contribution in [2.24, 2.45) is 0 Å². The highest BCUT2D eigenvalue weighted by molar-refractivity contribution is 5.87. The minimum absolute atomic E-state index is 0.155. The van der Waals surface area contributed by atoms with E-state index in [1.54, 1.807) is 19.1 Å². The predicted molar refractivity (Wildman–Crippen MR) is 52.8 cm³/mol. The summed E-state index contributed by atoms with van der Waals surface area (Å²) in [6.45, 7) is 1.76. The molecule has 0 bridgehead atoms. The third-order valence-corrected chi connectivity index (χ3v) is 1.76. The molecule has 0 spiro atoms. The van der Waals surface area contributed by atoms with Gasteiger partial charge >= 0.3 is 5.97 Å². The summed E-state index contributed by atoms with van der Waals surface area (Å²) in [5.74, 6) is -0.421. The number of nitrogens with one attached hydrogen (secondary N) is 1. The molecule has 0 atom stereocenters.